The number of hydrogen-bond donors (Lipinski definition) is 0. The molecule has 4 heterocycles. The SMILES string of the molecule is COc1cccc(-c2nnc3c4ccccc4nc(N4CCCN(C(=O)c5ccco5)CC4)n23)c1. The number of para-hydroxylation sites is 1. The van der Waals surface area contributed by atoms with E-state index in [0.717, 1.165) is 46.8 Å². The molecule has 5 aromatic rings. The fraction of sp³-hybridized carbons (Fsp3) is 0.231. The minimum absolute atomic E-state index is 0.0881. The summed E-state index contributed by atoms with van der Waals surface area (Å²) >= 11 is 0. The summed E-state index contributed by atoms with van der Waals surface area (Å²) in [6.07, 6.45) is 2.33. The number of benzene rings is 2. The molecule has 0 unspecified atom stereocenters. The maximum atomic E-state index is 12.9. The Hall–Kier alpha value is -4.40. The molecule has 9 heteroatoms. The Balaban J connectivity index is 1.44. The Morgan fingerprint density at radius 1 is 0.971 bits per heavy atom. The van der Waals surface area contributed by atoms with Crippen LogP contribution in [0, 0.1) is 0 Å². The molecule has 0 radical (unpaired) electrons. The van der Waals surface area contributed by atoms with Gasteiger partial charge in [0.25, 0.3) is 5.91 Å². The van der Waals surface area contributed by atoms with Crippen LogP contribution in [-0.2, 0) is 0 Å². The number of rotatable bonds is 4. The van der Waals surface area contributed by atoms with Crippen molar-refractivity contribution in [3.05, 3.63) is 72.7 Å². The molecule has 1 fully saturated rings. The quantitative estimate of drug-likeness (QED) is 0.395. The fourth-order valence-corrected chi connectivity index (χ4v) is 4.60. The monoisotopic (exact) mass is 468 g/mol. The molecular weight excluding hydrogens is 444 g/mol. The number of amides is 1. The number of furan rings is 1. The second-order valence-electron chi connectivity index (χ2n) is 8.45. The Morgan fingerprint density at radius 3 is 2.74 bits per heavy atom. The van der Waals surface area contributed by atoms with Crippen molar-refractivity contribution in [3.8, 4) is 17.1 Å². The van der Waals surface area contributed by atoms with Gasteiger partial charge in [-0.05, 0) is 42.8 Å². The van der Waals surface area contributed by atoms with E-state index in [-0.39, 0.29) is 5.91 Å². The zero-order chi connectivity index (χ0) is 23.8. The Kier molecular flexibility index (Phi) is 5.29. The molecule has 0 atom stereocenters. The topological polar surface area (TPSA) is 89.0 Å². The van der Waals surface area contributed by atoms with Gasteiger partial charge < -0.3 is 19.0 Å². The highest BCUT2D eigenvalue weighted by Gasteiger charge is 2.25. The second kappa shape index (κ2) is 8.75. The standard InChI is InChI=1S/C26H24N6O3/c1-34-19-8-4-7-18(17-19)23-28-29-24-20-9-2-3-10-21(20)27-26(32(23)24)31-13-6-12-30(14-15-31)25(33)22-11-5-16-35-22/h2-5,7-11,16-17H,6,12-15H2,1H3. The van der Waals surface area contributed by atoms with Crippen molar-refractivity contribution in [1.82, 2.24) is 24.5 Å². The van der Waals surface area contributed by atoms with Crippen LogP contribution in [0.3, 0.4) is 0 Å². The van der Waals surface area contributed by atoms with Crippen LogP contribution in [-0.4, -0.2) is 63.7 Å². The second-order valence-corrected chi connectivity index (χ2v) is 8.45. The van der Waals surface area contributed by atoms with Crippen LogP contribution >= 0.6 is 0 Å². The molecule has 0 saturated carbocycles. The fourth-order valence-electron chi connectivity index (χ4n) is 4.60. The predicted molar refractivity (Wildman–Crippen MR) is 132 cm³/mol. The van der Waals surface area contributed by atoms with Crippen LogP contribution in [0.4, 0.5) is 5.95 Å². The molecule has 2 aromatic carbocycles. The summed E-state index contributed by atoms with van der Waals surface area (Å²) in [5.41, 5.74) is 2.49. The molecular formula is C26H24N6O3. The molecule has 1 saturated heterocycles. The minimum Gasteiger partial charge on any atom is -0.497 e. The number of carbonyl (C=O) groups excluding carboxylic acids is 1. The number of ether oxygens (including phenoxy) is 1. The molecule has 0 aliphatic carbocycles. The van der Waals surface area contributed by atoms with E-state index < -0.39 is 0 Å². The number of methoxy groups -OCH3 is 1. The van der Waals surface area contributed by atoms with Gasteiger partial charge in [-0.3, -0.25) is 4.79 Å². The molecule has 35 heavy (non-hydrogen) atoms. The normalized spacial score (nSPS) is 14.4. The summed E-state index contributed by atoms with van der Waals surface area (Å²) < 4.78 is 12.8. The van der Waals surface area contributed by atoms with Crippen molar-refractivity contribution in [2.75, 3.05) is 38.2 Å². The highest BCUT2D eigenvalue weighted by molar-refractivity contribution is 5.93. The first-order valence-electron chi connectivity index (χ1n) is 11.6. The van der Waals surface area contributed by atoms with Crippen LogP contribution in [0.1, 0.15) is 17.0 Å². The van der Waals surface area contributed by atoms with Gasteiger partial charge in [-0.1, -0.05) is 24.3 Å². The van der Waals surface area contributed by atoms with Crippen molar-refractivity contribution in [2.45, 2.75) is 6.42 Å². The zero-order valence-electron chi connectivity index (χ0n) is 19.3. The lowest BCUT2D eigenvalue weighted by Crippen LogP contribution is -2.35. The highest BCUT2D eigenvalue weighted by Crippen LogP contribution is 2.30. The van der Waals surface area contributed by atoms with Gasteiger partial charge in [-0.15, -0.1) is 10.2 Å². The van der Waals surface area contributed by atoms with Gasteiger partial charge in [0.2, 0.25) is 5.95 Å². The molecule has 1 amide bonds. The van der Waals surface area contributed by atoms with Gasteiger partial charge in [-0.2, -0.15) is 0 Å². The summed E-state index contributed by atoms with van der Waals surface area (Å²) in [4.78, 5) is 22.0. The smallest absolute Gasteiger partial charge is 0.289 e. The number of carbonyl (C=O) groups is 1. The van der Waals surface area contributed by atoms with Crippen molar-refractivity contribution in [3.63, 3.8) is 0 Å². The summed E-state index contributed by atoms with van der Waals surface area (Å²) in [5, 5.41) is 10.1. The summed E-state index contributed by atoms with van der Waals surface area (Å²) in [5.74, 6) is 2.48. The van der Waals surface area contributed by atoms with Gasteiger partial charge in [-0.25, -0.2) is 9.38 Å². The Bertz CT molecular complexity index is 1510. The number of nitrogens with zero attached hydrogens (tertiary/aromatic N) is 6. The summed E-state index contributed by atoms with van der Waals surface area (Å²) in [6.45, 7) is 2.59. The molecule has 0 bridgehead atoms. The molecule has 6 rings (SSSR count). The summed E-state index contributed by atoms with van der Waals surface area (Å²) in [6, 6.07) is 19.2. The highest BCUT2D eigenvalue weighted by atomic mass is 16.5. The van der Waals surface area contributed by atoms with E-state index in [1.807, 2.05) is 57.8 Å². The van der Waals surface area contributed by atoms with E-state index in [9.17, 15) is 4.79 Å². The predicted octanol–water partition coefficient (Wildman–Crippen LogP) is 3.90. The van der Waals surface area contributed by atoms with Crippen molar-refractivity contribution in [1.29, 1.82) is 0 Å². The average molecular weight is 469 g/mol. The third-order valence-corrected chi connectivity index (χ3v) is 6.35. The lowest BCUT2D eigenvalue weighted by molar-refractivity contribution is 0.0735. The van der Waals surface area contributed by atoms with Crippen molar-refractivity contribution >= 4 is 28.4 Å². The Labute approximate surface area is 201 Å². The van der Waals surface area contributed by atoms with Crippen LogP contribution in [0.5, 0.6) is 5.75 Å². The van der Waals surface area contributed by atoms with Crippen LogP contribution < -0.4 is 9.64 Å². The lowest BCUT2D eigenvalue weighted by atomic mass is 10.2. The largest absolute Gasteiger partial charge is 0.497 e. The minimum atomic E-state index is -0.0881. The number of fused-ring (bicyclic) bond motifs is 3. The first-order chi connectivity index (χ1) is 17.2. The van der Waals surface area contributed by atoms with E-state index in [4.69, 9.17) is 14.1 Å². The van der Waals surface area contributed by atoms with E-state index in [1.54, 1.807) is 19.2 Å². The first-order valence-corrected chi connectivity index (χ1v) is 11.6. The number of anilines is 1. The van der Waals surface area contributed by atoms with Crippen molar-refractivity contribution < 1.29 is 13.9 Å². The average Bonchev–Trinajstić information content (AvgIpc) is 3.54. The Morgan fingerprint density at radius 2 is 1.89 bits per heavy atom. The third-order valence-electron chi connectivity index (χ3n) is 6.35. The number of aromatic nitrogens is 4. The van der Waals surface area contributed by atoms with E-state index >= 15 is 0 Å². The molecule has 0 spiro atoms. The zero-order valence-corrected chi connectivity index (χ0v) is 19.3. The first kappa shape index (κ1) is 21.2. The van der Waals surface area contributed by atoms with Gasteiger partial charge in [0.05, 0.1) is 18.9 Å². The van der Waals surface area contributed by atoms with Crippen LogP contribution in [0.15, 0.2) is 71.3 Å². The lowest BCUT2D eigenvalue weighted by Gasteiger charge is -2.24. The van der Waals surface area contributed by atoms with Crippen molar-refractivity contribution in [2.24, 2.45) is 0 Å². The molecule has 0 N–H and O–H groups in total. The molecule has 1 aliphatic rings. The molecule has 176 valence electrons. The van der Waals surface area contributed by atoms with E-state index in [2.05, 4.69) is 15.1 Å². The number of hydrogen-bond acceptors (Lipinski definition) is 7. The molecule has 9 nitrogen and oxygen atoms in total. The van der Waals surface area contributed by atoms with E-state index in [0.29, 0.717) is 31.2 Å². The van der Waals surface area contributed by atoms with Gasteiger partial charge in [0, 0.05) is 37.1 Å². The maximum absolute atomic E-state index is 12.9. The molecule has 3 aromatic heterocycles. The third kappa shape index (κ3) is 3.74. The maximum Gasteiger partial charge on any atom is 0.289 e. The summed E-state index contributed by atoms with van der Waals surface area (Å²) in [7, 11) is 1.65. The van der Waals surface area contributed by atoms with Gasteiger partial charge in [0.15, 0.2) is 17.2 Å². The van der Waals surface area contributed by atoms with E-state index in [1.165, 1.54) is 6.26 Å². The van der Waals surface area contributed by atoms with Gasteiger partial charge in [0.1, 0.15) is 5.75 Å². The molecule has 1 aliphatic heterocycles. The van der Waals surface area contributed by atoms with Gasteiger partial charge >= 0.3 is 0 Å². The van der Waals surface area contributed by atoms with Crippen LogP contribution in [0.25, 0.3) is 27.9 Å². The van der Waals surface area contributed by atoms with Crippen LogP contribution in [0.2, 0.25) is 0 Å².